The van der Waals surface area contributed by atoms with Crippen molar-refractivity contribution in [1.82, 2.24) is 20.2 Å². The van der Waals surface area contributed by atoms with Crippen LogP contribution in [-0.4, -0.2) is 83.2 Å². The number of carbonyl (C=O) groups excluding carboxylic acids is 5. The second-order valence-electron chi connectivity index (χ2n) is 16.1. The third kappa shape index (κ3) is 7.59. The number of ether oxygens (including phenoxy) is 4. The van der Waals surface area contributed by atoms with Crippen molar-refractivity contribution in [1.29, 1.82) is 0 Å². The average molecular weight is 888 g/mol. The maximum absolute atomic E-state index is 15.6. The molecule has 15 nitrogen and oxygen atoms in total. The number of fused-ring (bicyclic) bond motifs is 4. The predicted molar refractivity (Wildman–Crippen MR) is 239 cm³/mol. The van der Waals surface area contributed by atoms with E-state index in [1.165, 1.54) is 0 Å². The van der Waals surface area contributed by atoms with Crippen LogP contribution in [0, 0.1) is 23.7 Å². The summed E-state index contributed by atoms with van der Waals surface area (Å²) in [6, 6.07) is 35.2. The highest BCUT2D eigenvalue weighted by Gasteiger charge is 2.74. The number of esters is 3. The Hall–Kier alpha value is -7.80. The molecule has 0 bridgehead atoms. The Morgan fingerprint density at radius 1 is 0.864 bits per heavy atom. The van der Waals surface area contributed by atoms with Crippen LogP contribution < -0.4 is 15.4 Å². The van der Waals surface area contributed by atoms with Crippen molar-refractivity contribution >= 4 is 46.4 Å². The molecule has 1 aromatic heterocycles. The van der Waals surface area contributed by atoms with Gasteiger partial charge in [-0.25, -0.2) is 4.98 Å². The molecule has 0 radical (unpaired) electrons. The van der Waals surface area contributed by atoms with E-state index in [1.807, 2.05) is 89.8 Å². The number of anilines is 1. The van der Waals surface area contributed by atoms with Crippen LogP contribution in [0.4, 0.5) is 5.69 Å². The lowest BCUT2D eigenvalue weighted by Gasteiger charge is -2.46. The molecule has 1 spiro atoms. The Morgan fingerprint density at radius 2 is 1.55 bits per heavy atom. The largest absolute Gasteiger partial charge is 0.491 e. The third-order valence-corrected chi connectivity index (χ3v) is 12.5. The highest BCUT2D eigenvalue weighted by Crippen LogP contribution is 2.65. The van der Waals surface area contributed by atoms with Crippen molar-refractivity contribution in [2.24, 2.45) is 11.8 Å². The number of nitrogens with one attached hydrogen (secondary N) is 3. The Kier molecular flexibility index (Phi) is 12.1. The number of cyclic esters (lactones) is 1. The van der Waals surface area contributed by atoms with Crippen molar-refractivity contribution in [2.45, 2.75) is 42.6 Å². The lowest BCUT2D eigenvalue weighted by Crippen LogP contribution is -2.54. The number of nitrogens with zero attached hydrogens (tertiary/aromatic N) is 2. The summed E-state index contributed by atoms with van der Waals surface area (Å²) in [5.74, 6) is 0.449. The molecule has 2 fully saturated rings. The number of aromatic amines is 1. The predicted octanol–water partition coefficient (Wildman–Crippen LogP) is 5.23. The lowest BCUT2D eigenvalue weighted by atomic mass is 9.65. The summed E-state index contributed by atoms with van der Waals surface area (Å²) in [5, 5.41) is 16.1. The fourth-order valence-electron chi connectivity index (χ4n) is 9.81. The number of carbonyl (C=O) groups is 5. The van der Waals surface area contributed by atoms with E-state index >= 15 is 14.4 Å². The molecule has 4 N–H and O–H groups in total. The smallest absolute Gasteiger partial charge is 0.324 e. The van der Waals surface area contributed by atoms with Gasteiger partial charge in [0.05, 0.1) is 56.4 Å². The van der Waals surface area contributed by atoms with E-state index in [4.69, 9.17) is 18.9 Å². The summed E-state index contributed by atoms with van der Waals surface area (Å²) >= 11 is 0. The van der Waals surface area contributed by atoms with Crippen LogP contribution in [0.15, 0.2) is 127 Å². The molecule has 9 rings (SSSR count). The molecule has 0 aliphatic carbocycles. The van der Waals surface area contributed by atoms with Gasteiger partial charge >= 0.3 is 17.9 Å². The molecule has 6 atom stereocenters. The van der Waals surface area contributed by atoms with Crippen LogP contribution in [0.1, 0.15) is 58.3 Å². The molecule has 6 aromatic rings. The zero-order chi connectivity index (χ0) is 46.0. The molecule has 66 heavy (non-hydrogen) atoms. The zero-order valence-corrected chi connectivity index (χ0v) is 35.9. The van der Waals surface area contributed by atoms with Gasteiger partial charge in [-0.15, -0.1) is 0 Å². The second-order valence-corrected chi connectivity index (χ2v) is 16.1. The number of aliphatic hydroxyl groups excluding tert-OH is 1. The molecule has 334 valence electrons. The number of hydrogen-bond donors (Lipinski definition) is 4. The quantitative estimate of drug-likeness (QED) is 0.0542. The lowest BCUT2D eigenvalue weighted by molar-refractivity contribution is -0.178. The summed E-state index contributed by atoms with van der Waals surface area (Å²) in [7, 11) is 2.33. The average Bonchev–Trinajstić information content (AvgIpc) is 4.01. The summed E-state index contributed by atoms with van der Waals surface area (Å²) in [6.45, 7) is -0.464. The molecule has 0 unspecified atom stereocenters. The van der Waals surface area contributed by atoms with Crippen molar-refractivity contribution < 1.29 is 48.0 Å². The first-order valence-corrected chi connectivity index (χ1v) is 21.4. The van der Waals surface area contributed by atoms with Gasteiger partial charge in [-0.05, 0) is 53.1 Å². The minimum Gasteiger partial charge on any atom is -0.491 e. The number of aliphatic hydroxyl groups is 1. The number of hydrogen-bond acceptors (Lipinski definition) is 12. The number of H-pyrrole nitrogens is 1. The summed E-state index contributed by atoms with van der Waals surface area (Å²) in [5.41, 5.74) is 2.62. The van der Waals surface area contributed by atoms with Crippen LogP contribution in [0.25, 0.3) is 11.0 Å². The van der Waals surface area contributed by atoms with Crippen molar-refractivity contribution in [3.63, 3.8) is 0 Å². The number of aromatic nitrogens is 2. The first-order valence-electron chi connectivity index (χ1n) is 21.4. The first-order chi connectivity index (χ1) is 32.2. The summed E-state index contributed by atoms with van der Waals surface area (Å²) in [4.78, 5) is 81.3. The number of rotatable bonds is 12. The Balaban J connectivity index is 1.28. The Morgan fingerprint density at radius 3 is 2.26 bits per heavy atom. The number of benzene rings is 5. The standard InChI is InChI=1S/C51H45N5O10/c1-63-47(59)34(48(60)64-2)20-13-14-30-24-25-36-35(28-30)51(50(62)55-36)41(46(58)52-29-40-53-37-21-10-11-22-38(37)54-40)43-49(61)66-44(32-17-7-4-8-18-32)42(31-15-5-3-6-16-31)56(43)45(51)33-19-9-12-23-39(33)65-27-26-57/h3-12,15-19,21-25,28,34,41-45,57H,20,26-27,29H2,1-2H3,(H,52,58)(H,53,54)(H,55,62)/t41-,42-,43-,44+,45+,51-/m0/s1. The second kappa shape index (κ2) is 18.4. The molecule has 4 heterocycles. The third-order valence-electron chi connectivity index (χ3n) is 12.5. The monoisotopic (exact) mass is 887 g/mol. The van der Waals surface area contributed by atoms with Crippen molar-refractivity contribution in [2.75, 3.05) is 32.8 Å². The topological polar surface area (TPSA) is 198 Å². The number of imidazole rings is 1. The molecule has 2 amide bonds. The van der Waals surface area contributed by atoms with Crippen LogP contribution in [0.5, 0.6) is 5.75 Å². The molecule has 15 heteroatoms. The van der Waals surface area contributed by atoms with E-state index in [2.05, 4.69) is 32.4 Å². The van der Waals surface area contributed by atoms with Crippen LogP contribution in [0.2, 0.25) is 0 Å². The Labute approximate surface area is 379 Å². The molecular weight excluding hydrogens is 843 g/mol. The van der Waals surface area contributed by atoms with Crippen LogP contribution in [-0.2, 0) is 50.1 Å². The number of methoxy groups -OCH3 is 2. The molecule has 2 saturated heterocycles. The van der Waals surface area contributed by atoms with Crippen LogP contribution >= 0.6 is 0 Å². The molecular formula is C51H45N5O10. The van der Waals surface area contributed by atoms with E-state index in [0.29, 0.717) is 45.0 Å². The fraction of sp³-hybridized carbons (Fsp3) is 0.255. The summed E-state index contributed by atoms with van der Waals surface area (Å²) in [6.07, 6.45) is -1.14. The van der Waals surface area contributed by atoms with Gasteiger partial charge in [0.2, 0.25) is 11.8 Å². The highest BCUT2D eigenvalue weighted by molar-refractivity contribution is 6.12. The SMILES string of the molecule is COC(=O)C(CC#Cc1ccc2c(c1)[C@]1(C(=O)N2)[C@H](C(=O)NCc2nc3ccccc3[nH]2)[C@H]2C(=O)O[C@H](c3ccccc3)[C@H](c3ccccc3)N2[C@@H]1c1ccccc1OCCO)C(=O)OC. The van der Waals surface area contributed by atoms with Gasteiger partial charge in [-0.1, -0.05) is 103 Å². The summed E-state index contributed by atoms with van der Waals surface area (Å²) < 4.78 is 22.4. The van der Waals surface area contributed by atoms with Gasteiger partial charge in [0, 0.05) is 23.2 Å². The Bertz CT molecular complexity index is 2840. The van der Waals surface area contributed by atoms with Crippen molar-refractivity contribution in [3.05, 3.63) is 161 Å². The normalized spacial score (nSPS) is 21.8. The van der Waals surface area contributed by atoms with Gasteiger partial charge in [0.25, 0.3) is 0 Å². The molecule has 0 saturated carbocycles. The number of morpholine rings is 1. The zero-order valence-electron chi connectivity index (χ0n) is 35.9. The van der Waals surface area contributed by atoms with Gasteiger partial charge in [0.15, 0.2) is 5.92 Å². The van der Waals surface area contributed by atoms with E-state index in [1.54, 1.807) is 42.5 Å². The highest BCUT2D eigenvalue weighted by atomic mass is 16.6. The molecule has 3 aliphatic rings. The maximum atomic E-state index is 15.6. The first kappa shape index (κ1) is 43.5. The fourth-order valence-corrected chi connectivity index (χ4v) is 9.81. The van der Waals surface area contributed by atoms with Gasteiger partial charge in [0.1, 0.15) is 35.7 Å². The van der Waals surface area contributed by atoms with Crippen molar-refractivity contribution in [3.8, 4) is 17.6 Å². The number of para-hydroxylation sites is 3. The number of amides is 2. The van der Waals surface area contributed by atoms with Gasteiger partial charge in [-0.2, -0.15) is 0 Å². The minimum absolute atomic E-state index is 0.0704. The van der Waals surface area contributed by atoms with Gasteiger partial charge in [-0.3, -0.25) is 28.9 Å². The molecule has 5 aromatic carbocycles. The van der Waals surface area contributed by atoms with Crippen LogP contribution in [0.3, 0.4) is 0 Å². The minimum atomic E-state index is -1.90. The maximum Gasteiger partial charge on any atom is 0.324 e. The van der Waals surface area contributed by atoms with E-state index in [9.17, 15) is 14.7 Å². The van der Waals surface area contributed by atoms with E-state index < -0.39 is 71.2 Å². The van der Waals surface area contributed by atoms with E-state index in [0.717, 1.165) is 25.3 Å². The van der Waals surface area contributed by atoms with E-state index in [-0.39, 0.29) is 26.2 Å². The molecule has 3 aliphatic heterocycles. The van der Waals surface area contributed by atoms with Gasteiger partial charge < -0.3 is 39.7 Å².